The summed E-state index contributed by atoms with van der Waals surface area (Å²) >= 11 is 0. The average molecular weight is 314 g/mol. The van der Waals surface area contributed by atoms with Gasteiger partial charge in [-0.15, -0.1) is 0 Å². The van der Waals surface area contributed by atoms with Crippen LogP contribution >= 0.6 is 0 Å². The molecule has 1 heterocycles. The Morgan fingerprint density at radius 2 is 2.09 bits per heavy atom. The first kappa shape index (κ1) is 15.5. The van der Waals surface area contributed by atoms with Gasteiger partial charge in [0.05, 0.1) is 12.6 Å². The lowest BCUT2D eigenvalue weighted by molar-refractivity contribution is 0.126. The molecular weight excluding hydrogens is 295 g/mol. The number of hydrogen-bond acceptors (Lipinski definition) is 2. The van der Waals surface area contributed by atoms with Crippen LogP contribution in [0.15, 0.2) is 48.5 Å². The van der Waals surface area contributed by atoms with Gasteiger partial charge in [-0.05, 0) is 35.2 Å². The van der Waals surface area contributed by atoms with Crippen molar-refractivity contribution in [2.45, 2.75) is 19.0 Å². The number of urea groups is 1. The highest BCUT2D eigenvalue weighted by atomic mass is 19.1. The van der Waals surface area contributed by atoms with Gasteiger partial charge in [0.1, 0.15) is 5.82 Å². The lowest BCUT2D eigenvalue weighted by Crippen LogP contribution is -2.46. The molecule has 1 unspecified atom stereocenters. The second kappa shape index (κ2) is 6.79. The number of amides is 2. The fourth-order valence-electron chi connectivity index (χ4n) is 3.02. The summed E-state index contributed by atoms with van der Waals surface area (Å²) in [5.74, 6) is -0.322. The Morgan fingerprint density at radius 3 is 2.87 bits per heavy atom. The third-order valence-corrected chi connectivity index (χ3v) is 4.18. The lowest BCUT2D eigenvalue weighted by Gasteiger charge is -2.36. The first-order chi connectivity index (χ1) is 11.2. The molecule has 0 fully saturated rings. The molecule has 0 aromatic heterocycles. The Kier molecular flexibility index (Phi) is 4.57. The number of nitrogens with zero attached hydrogens (tertiary/aromatic N) is 1. The second-order valence-electron chi connectivity index (χ2n) is 5.63. The zero-order valence-electron chi connectivity index (χ0n) is 12.7. The number of halogens is 1. The third kappa shape index (κ3) is 3.35. The predicted octanol–water partition coefficient (Wildman–Crippen LogP) is 2.63. The Morgan fingerprint density at radius 1 is 1.26 bits per heavy atom. The SMILES string of the molecule is O=C(NCc1cccc(F)c1)N1CCc2ccccc2C1CO. The molecular formula is C18H19FN2O2. The summed E-state index contributed by atoms with van der Waals surface area (Å²) in [4.78, 5) is 14.1. The van der Waals surface area contributed by atoms with Gasteiger partial charge in [0, 0.05) is 13.1 Å². The molecule has 3 rings (SSSR count). The van der Waals surface area contributed by atoms with Crippen molar-refractivity contribution in [1.82, 2.24) is 10.2 Å². The predicted molar refractivity (Wildman–Crippen MR) is 85.3 cm³/mol. The summed E-state index contributed by atoms with van der Waals surface area (Å²) in [6.07, 6.45) is 0.764. The molecule has 2 N–H and O–H groups in total. The van der Waals surface area contributed by atoms with Gasteiger partial charge in [0.15, 0.2) is 0 Å². The van der Waals surface area contributed by atoms with Crippen LogP contribution in [0.5, 0.6) is 0 Å². The fourth-order valence-corrected chi connectivity index (χ4v) is 3.02. The molecule has 1 aliphatic heterocycles. The van der Waals surface area contributed by atoms with Gasteiger partial charge in [-0.3, -0.25) is 0 Å². The van der Waals surface area contributed by atoms with Gasteiger partial charge in [0.25, 0.3) is 0 Å². The van der Waals surface area contributed by atoms with E-state index in [0.29, 0.717) is 12.1 Å². The molecule has 0 aliphatic carbocycles. The number of nitrogens with one attached hydrogen (secondary N) is 1. The number of carbonyl (C=O) groups excluding carboxylic acids is 1. The van der Waals surface area contributed by atoms with Crippen molar-refractivity contribution in [2.24, 2.45) is 0 Å². The number of aliphatic hydroxyl groups excluding tert-OH is 1. The van der Waals surface area contributed by atoms with Crippen LogP contribution < -0.4 is 5.32 Å². The number of hydrogen-bond donors (Lipinski definition) is 2. The summed E-state index contributed by atoms with van der Waals surface area (Å²) < 4.78 is 13.2. The summed E-state index contributed by atoms with van der Waals surface area (Å²) in [6.45, 7) is 0.689. The van der Waals surface area contributed by atoms with E-state index >= 15 is 0 Å². The van der Waals surface area contributed by atoms with Gasteiger partial charge in [0.2, 0.25) is 0 Å². The minimum atomic E-state index is -0.340. The molecule has 2 aromatic rings. The van der Waals surface area contributed by atoms with E-state index in [4.69, 9.17) is 0 Å². The van der Waals surface area contributed by atoms with Gasteiger partial charge in [-0.25, -0.2) is 9.18 Å². The maximum Gasteiger partial charge on any atom is 0.318 e. The minimum Gasteiger partial charge on any atom is -0.394 e. The zero-order valence-corrected chi connectivity index (χ0v) is 12.7. The van der Waals surface area contributed by atoms with E-state index < -0.39 is 0 Å². The van der Waals surface area contributed by atoms with E-state index in [1.54, 1.807) is 17.0 Å². The second-order valence-corrected chi connectivity index (χ2v) is 5.63. The Hall–Kier alpha value is -2.40. The summed E-state index contributed by atoms with van der Waals surface area (Å²) in [5.41, 5.74) is 2.86. The zero-order chi connectivity index (χ0) is 16.2. The van der Waals surface area contributed by atoms with Crippen LogP contribution in [0.25, 0.3) is 0 Å². The van der Waals surface area contributed by atoms with Crippen molar-refractivity contribution in [1.29, 1.82) is 0 Å². The van der Waals surface area contributed by atoms with E-state index in [9.17, 15) is 14.3 Å². The smallest absolute Gasteiger partial charge is 0.318 e. The quantitative estimate of drug-likeness (QED) is 0.915. The monoisotopic (exact) mass is 314 g/mol. The van der Waals surface area contributed by atoms with Crippen molar-refractivity contribution in [3.05, 3.63) is 71.0 Å². The summed E-state index contributed by atoms with van der Waals surface area (Å²) in [7, 11) is 0. The number of carbonyl (C=O) groups is 1. The maximum absolute atomic E-state index is 13.2. The molecule has 0 spiro atoms. The van der Waals surface area contributed by atoms with Crippen molar-refractivity contribution in [3.63, 3.8) is 0 Å². The molecule has 23 heavy (non-hydrogen) atoms. The molecule has 120 valence electrons. The van der Waals surface area contributed by atoms with Crippen LogP contribution in [-0.4, -0.2) is 29.2 Å². The molecule has 0 bridgehead atoms. The van der Waals surface area contributed by atoms with Crippen LogP contribution in [0, 0.1) is 5.82 Å². The highest BCUT2D eigenvalue weighted by molar-refractivity contribution is 5.75. The first-order valence-corrected chi connectivity index (χ1v) is 7.66. The number of fused-ring (bicyclic) bond motifs is 1. The molecule has 2 amide bonds. The average Bonchev–Trinajstić information content (AvgIpc) is 2.58. The van der Waals surface area contributed by atoms with Crippen molar-refractivity contribution in [3.8, 4) is 0 Å². The molecule has 5 heteroatoms. The number of aliphatic hydroxyl groups is 1. The van der Waals surface area contributed by atoms with Gasteiger partial charge < -0.3 is 15.3 Å². The van der Waals surface area contributed by atoms with E-state index in [1.807, 2.05) is 24.3 Å². The Balaban J connectivity index is 1.70. The molecule has 0 radical (unpaired) electrons. The van der Waals surface area contributed by atoms with Gasteiger partial charge >= 0.3 is 6.03 Å². The third-order valence-electron chi connectivity index (χ3n) is 4.18. The van der Waals surface area contributed by atoms with Crippen LogP contribution in [0.3, 0.4) is 0 Å². The fraction of sp³-hybridized carbons (Fsp3) is 0.278. The number of benzene rings is 2. The van der Waals surface area contributed by atoms with Crippen LogP contribution in [0.4, 0.5) is 9.18 Å². The number of rotatable bonds is 3. The first-order valence-electron chi connectivity index (χ1n) is 7.66. The molecule has 4 nitrogen and oxygen atoms in total. The largest absolute Gasteiger partial charge is 0.394 e. The molecule has 2 aromatic carbocycles. The van der Waals surface area contributed by atoms with Crippen molar-refractivity contribution >= 4 is 6.03 Å². The van der Waals surface area contributed by atoms with Crippen LogP contribution in [0.1, 0.15) is 22.7 Å². The van der Waals surface area contributed by atoms with E-state index in [2.05, 4.69) is 5.32 Å². The summed E-state index contributed by atoms with van der Waals surface area (Å²) in [6, 6.07) is 13.4. The topological polar surface area (TPSA) is 52.6 Å². The van der Waals surface area contributed by atoms with Crippen molar-refractivity contribution < 1.29 is 14.3 Å². The summed E-state index contributed by atoms with van der Waals surface area (Å²) in [5, 5.41) is 12.5. The highest BCUT2D eigenvalue weighted by Crippen LogP contribution is 2.29. The maximum atomic E-state index is 13.2. The van der Waals surface area contributed by atoms with E-state index in [0.717, 1.165) is 12.0 Å². The lowest BCUT2D eigenvalue weighted by atomic mass is 9.93. The van der Waals surface area contributed by atoms with E-state index in [-0.39, 0.29) is 31.0 Å². The van der Waals surface area contributed by atoms with Gasteiger partial charge in [-0.1, -0.05) is 36.4 Å². The van der Waals surface area contributed by atoms with Crippen LogP contribution in [0.2, 0.25) is 0 Å². The standard InChI is InChI=1S/C18H19FN2O2/c19-15-6-3-4-13(10-15)11-20-18(23)21-9-8-14-5-1-2-7-16(14)17(21)12-22/h1-7,10,17,22H,8-9,11-12H2,(H,20,23). The molecule has 0 saturated carbocycles. The molecule has 1 atom stereocenters. The van der Waals surface area contributed by atoms with Gasteiger partial charge in [-0.2, -0.15) is 0 Å². The van der Waals surface area contributed by atoms with Crippen molar-refractivity contribution in [2.75, 3.05) is 13.2 Å². The van der Waals surface area contributed by atoms with Crippen LogP contribution in [-0.2, 0) is 13.0 Å². The van der Waals surface area contributed by atoms with E-state index in [1.165, 1.54) is 17.7 Å². The Labute approximate surface area is 134 Å². The Bertz CT molecular complexity index is 705. The minimum absolute atomic E-state index is 0.121. The molecule has 0 saturated heterocycles. The highest BCUT2D eigenvalue weighted by Gasteiger charge is 2.29. The normalized spacial score (nSPS) is 16.8. The molecule has 1 aliphatic rings.